The fraction of sp³-hybridized carbons (Fsp3) is 0.267. The molecule has 2 rings (SSSR count). The standard InChI is InChI=1S/C15H17N3O4/c1-4-22-14(19)12-10(2)18(17-15(20)21-3)13(16-12)11-8-6-5-7-9-11/h5-9H,4H2,1-3H3,(H,17,20). The van der Waals surface area contributed by atoms with Crippen LogP contribution in [-0.2, 0) is 9.47 Å². The number of hydrogen-bond donors (Lipinski definition) is 1. The fourth-order valence-electron chi connectivity index (χ4n) is 1.95. The van der Waals surface area contributed by atoms with Gasteiger partial charge in [0.1, 0.15) is 0 Å². The lowest BCUT2D eigenvalue weighted by molar-refractivity contribution is 0.0519. The van der Waals surface area contributed by atoms with E-state index < -0.39 is 12.1 Å². The number of rotatable bonds is 4. The number of amides is 1. The summed E-state index contributed by atoms with van der Waals surface area (Å²) < 4.78 is 11.0. The summed E-state index contributed by atoms with van der Waals surface area (Å²) in [5.41, 5.74) is 3.89. The van der Waals surface area contributed by atoms with Crippen molar-refractivity contribution >= 4 is 12.1 Å². The first-order valence-corrected chi connectivity index (χ1v) is 6.75. The topological polar surface area (TPSA) is 82.5 Å². The van der Waals surface area contributed by atoms with Crippen LogP contribution in [0.5, 0.6) is 0 Å². The van der Waals surface area contributed by atoms with Crippen molar-refractivity contribution < 1.29 is 19.1 Å². The first-order chi connectivity index (χ1) is 10.6. The van der Waals surface area contributed by atoms with Crippen LogP contribution in [0.4, 0.5) is 4.79 Å². The molecule has 1 aromatic carbocycles. The van der Waals surface area contributed by atoms with Crippen LogP contribution in [0.1, 0.15) is 23.1 Å². The SMILES string of the molecule is CCOC(=O)c1nc(-c2ccccc2)n(NC(=O)OC)c1C. The fourth-order valence-corrected chi connectivity index (χ4v) is 1.95. The number of nitrogens with one attached hydrogen (secondary N) is 1. The maximum absolute atomic E-state index is 12.0. The van der Waals surface area contributed by atoms with Crippen LogP contribution in [-0.4, -0.2) is 35.4 Å². The highest BCUT2D eigenvalue weighted by Gasteiger charge is 2.22. The summed E-state index contributed by atoms with van der Waals surface area (Å²) in [6.07, 6.45) is -0.659. The largest absolute Gasteiger partial charge is 0.461 e. The number of methoxy groups -OCH3 is 1. The van der Waals surface area contributed by atoms with E-state index in [1.165, 1.54) is 11.8 Å². The molecule has 1 amide bonds. The maximum atomic E-state index is 12.0. The predicted molar refractivity (Wildman–Crippen MR) is 80.1 cm³/mol. The lowest BCUT2D eigenvalue weighted by Crippen LogP contribution is -2.24. The van der Waals surface area contributed by atoms with Crippen molar-refractivity contribution in [3.63, 3.8) is 0 Å². The Kier molecular flexibility index (Phi) is 4.77. The Morgan fingerprint density at radius 1 is 1.27 bits per heavy atom. The van der Waals surface area contributed by atoms with E-state index in [0.29, 0.717) is 11.5 Å². The highest BCUT2D eigenvalue weighted by Crippen LogP contribution is 2.21. The molecule has 0 saturated carbocycles. The average molecular weight is 303 g/mol. The molecule has 0 aliphatic heterocycles. The molecule has 7 nitrogen and oxygen atoms in total. The summed E-state index contributed by atoms with van der Waals surface area (Å²) >= 11 is 0. The first kappa shape index (κ1) is 15.6. The van der Waals surface area contributed by atoms with Gasteiger partial charge in [-0.2, -0.15) is 0 Å². The molecule has 1 heterocycles. The molecule has 0 unspecified atom stereocenters. The molecule has 0 fully saturated rings. The molecule has 0 radical (unpaired) electrons. The quantitative estimate of drug-likeness (QED) is 0.877. The van der Waals surface area contributed by atoms with Crippen LogP contribution >= 0.6 is 0 Å². The number of esters is 1. The van der Waals surface area contributed by atoms with Crippen LogP contribution in [0.2, 0.25) is 0 Å². The van der Waals surface area contributed by atoms with E-state index in [-0.39, 0.29) is 12.3 Å². The van der Waals surface area contributed by atoms with Gasteiger partial charge in [0.05, 0.1) is 19.4 Å². The molecule has 22 heavy (non-hydrogen) atoms. The first-order valence-electron chi connectivity index (χ1n) is 6.75. The van der Waals surface area contributed by atoms with Gasteiger partial charge >= 0.3 is 12.1 Å². The third-order valence-corrected chi connectivity index (χ3v) is 3.00. The van der Waals surface area contributed by atoms with Gasteiger partial charge in [-0.05, 0) is 13.8 Å². The van der Waals surface area contributed by atoms with Gasteiger partial charge in [0.15, 0.2) is 11.5 Å². The van der Waals surface area contributed by atoms with E-state index >= 15 is 0 Å². The second-order valence-corrected chi connectivity index (χ2v) is 4.39. The molecule has 0 bridgehead atoms. The Hall–Kier alpha value is -2.83. The molecule has 7 heteroatoms. The van der Waals surface area contributed by atoms with Gasteiger partial charge in [-0.3, -0.25) is 0 Å². The lowest BCUT2D eigenvalue weighted by atomic mass is 10.2. The molecular formula is C15H17N3O4. The summed E-state index contributed by atoms with van der Waals surface area (Å²) in [4.78, 5) is 27.8. The lowest BCUT2D eigenvalue weighted by Gasteiger charge is -2.10. The van der Waals surface area contributed by atoms with Gasteiger partial charge in [-0.25, -0.2) is 24.7 Å². The number of benzene rings is 1. The van der Waals surface area contributed by atoms with Crippen molar-refractivity contribution in [1.29, 1.82) is 0 Å². The van der Waals surface area contributed by atoms with E-state index in [1.807, 2.05) is 30.3 Å². The van der Waals surface area contributed by atoms with Crippen molar-refractivity contribution in [3.05, 3.63) is 41.7 Å². The number of nitrogens with zero attached hydrogens (tertiary/aromatic N) is 2. The van der Waals surface area contributed by atoms with Gasteiger partial charge < -0.3 is 9.47 Å². The molecule has 0 aliphatic carbocycles. The molecular weight excluding hydrogens is 286 g/mol. The normalized spacial score (nSPS) is 10.1. The zero-order valence-corrected chi connectivity index (χ0v) is 12.6. The predicted octanol–water partition coefficient (Wildman–Crippen LogP) is 2.35. The van der Waals surface area contributed by atoms with Gasteiger partial charge in [-0.1, -0.05) is 30.3 Å². The number of carbonyl (C=O) groups is 2. The minimum absolute atomic E-state index is 0.150. The third kappa shape index (κ3) is 3.08. The van der Waals surface area contributed by atoms with Crippen LogP contribution in [0, 0.1) is 6.92 Å². The van der Waals surface area contributed by atoms with E-state index in [4.69, 9.17) is 4.74 Å². The smallest absolute Gasteiger partial charge is 0.426 e. The maximum Gasteiger partial charge on any atom is 0.426 e. The van der Waals surface area contributed by atoms with Crippen molar-refractivity contribution in [2.75, 3.05) is 19.1 Å². The Morgan fingerprint density at radius 3 is 2.55 bits per heavy atom. The molecule has 1 aromatic heterocycles. The van der Waals surface area contributed by atoms with Crippen molar-refractivity contribution in [3.8, 4) is 11.4 Å². The van der Waals surface area contributed by atoms with Gasteiger partial charge in [0, 0.05) is 5.56 Å². The Balaban J connectivity index is 2.52. The molecule has 0 spiro atoms. The Bertz CT molecular complexity index is 680. The van der Waals surface area contributed by atoms with E-state index in [2.05, 4.69) is 15.1 Å². The number of hydrogen-bond acceptors (Lipinski definition) is 5. The van der Waals surface area contributed by atoms with Gasteiger partial charge in [0.25, 0.3) is 0 Å². The number of ether oxygens (including phenoxy) is 2. The Morgan fingerprint density at radius 2 is 1.95 bits per heavy atom. The molecule has 0 aliphatic rings. The highest BCUT2D eigenvalue weighted by atomic mass is 16.5. The second-order valence-electron chi connectivity index (χ2n) is 4.39. The van der Waals surface area contributed by atoms with Crippen molar-refractivity contribution in [2.45, 2.75) is 13.8 Å². The van der Waals surface area contributed by atoms with E-state index in [9.17, 15) is 9.59 Å². The highest BCUT2D eigenvalue weighted by molar-refractivity contribution is 5.90. The third-order valence-electron chi connectivity index (χ3n) is 3.00. The molecule has 1 N–H and O–H groups in total. The minimum Gasteiger partial charge on any atom is -0.461 e. The number of imidazole rings is 1. The summed E-state index contributed by atoms with van der Waals surface area (Å²) in [6.45, 7) is 3.63. The number of aromatic nitrogens is 2. The summed E-state index contributed by atoms with van der Waals surface area (Å²) in [6, 6.07) is 9.19. The van der Waals surface area contributed by atoms with Gasteiger partial charge in [0.2, 0.25) is 0 Å². The summed E-state index contributed by atoms with van der Waals surface area (Å²) in [7, 11) is 1.26. The monoisotopic (exact) mass is 303 g/mol. The van der Waals surface area contributed by atoms with Crippen LogP contribution in [0.3, 0.4) is 0 Å². The van der Waals surface area contributed by atoms with Crippen LogP contribution in [0.25, 0.3) is 11.4 Å². The number of carbonyl (C=O) groups excluding carboxylic acids is 2. The molecule has 116 valence electrons. The summed E-state index contributed by atoms with van der Waals surface area (Å²) in [5, 5.41) is 0. The molecule has 0 saturated heterocycles. The zero-order chi connectivity index (χ0) is 16.1. The van der Waals surface area contributed by atoms with Crippen LogP contribution < -0.4 is 5.43 Å². The average Bonchev–Trinajstić information content (AvgIpc) is 2.85. The van der Waals surface area contributed by atoms with E-state index in [0.717, 1.165) is 5.56 Å². The van der Waals surface area contributed by atoms with Crippen molar-refractivity contribution in [1.82, 2.24) is 9.66 Å². The van der Waals surface area contributed by atoms with Gasteiger partial charge in [-0.15, -0.1) is 0 Å². The summed E-state index contributed by atoms with van der Waals surface area (Å²) in [5.74, 6) is -0.117. The van der Waals surface area contributed by atoms with Crippen molar-refractivity contribution in [2.24, 2.45) is 0 Å². The second kappa shape index (κ2) is 6.75. The minimum atomic E-state index is -0.659. The van der Waals surface area contributed by atoms with E-state index in [1.54, 1.807) is 13.8 Å². The molecule has 2 aromatic rings. The zero-order valence-electron chi connectivity index (χ0n) is 12.6. The van der Waals surface area contributed by atoms with Crippen LogP contribution in [0.15, 0.2) is 30.3 Å². The Labute approximate surface area is 127 Å². The molecule has 0 atom stereocenters.